The lowest BCUT2D eigenvalue weighted by molar-refractivity contribution is -0.138. The van der Waals surface area contributed by atoms with Crippen LogP contribution in [0, 0.1) is 5.41 Å². The number of amides is 2. The summed E-state index contributed by atoms with van der Waals surface area (Å²) in [6.45, 7) is 11.3. The molecule has 1 saturated heterocycles. The van der Waals surface area contributed by atoms with Crippen LogP contribution < -0.4 is 5.32 Å². The molecule has 0 aromatic rings. The third-order valence-electron chi connectivity index (χ3n) is 4.37. The molecule has 1 fully saturated rings. The van der Waals surface area contributed by atoms with Crippen molar-refractivity contribution in [2.24, 2.45) is 5.41 Å². The molecule has 0 spiro atoms. The number of carbonyl (C=O) groups is 2. The van der Waals surface area contributed by atoms with Crippen LogP contribution in [0.15, 0.2) is 0 Å². The Morgan fingerprint density at radius 1 is 1.24 bits per heavy atom. The number of hydrogen-bond acceptors (Lipinski definition) is 3. The molecule has 0 aromatic carbocycles. The fourth-order valence-corrected chi connectivity index (χ4v) is 2.56. The van der Waals surface area contributed by atoms with Gasteiger partial charge in [-0.2, -0.15) is 0 Å². The topological polar surface area (TPSA) is 72.9 Å². The van der Waals surface area contributed by atoms with Crippen molar-refractivity contribution >= 4 is 12.0 Å². The third-order valence-corrected chi connectivity index (χ3v) is 4.37. The maximum atomic E-state index is 12.4. The molecule has 1 heterocycles. The lowest BCUT2D eigenvalue weighted by Gasteiger charge is -2.43. The molecule has 3 atom stereocenters. The largest absolute Gasteiger partial charge is 0.481 e. The molecule has 3 unspecified atom stereocenters. The number of likely N-dealkylation sites (N-methyl/N-ethyl adjacent to an activating group) is 1. The number of carbonyl (C=O) groups excluding carboxylic acids is 1. The minimum absolute atomic E-state index is 0.0614. The van der Waals surface area contributed by atoms with Crippen LogP contribution in [0.1, 0.15) is 41.0 Å². The quantitative estimate of drug-likeness (QED) is 0.830. The van der Waals surface area contributed by atoms with Crippen LogP contribution in [-0.4, -0.2) is 65.2 Å². The van der Waals surface area contributed by atoms with E-state index in [4.69, 9.17) is 5.11 Å². The molecule has 0 aromatic heterocycles. The van der Waals surface area contributed by atoms with Gasteiger partial charge in [-0.25, -0.2) is 4.79 Å². The van der Waals surface area contributed by atoms with E-state index in [1.807, 2.05) is 20.8 Å². The van der Waals surface area contributed by atoms with Gasteiger partial charge in [-0.3, -0.25) is 9.69 Å². The average molecular weight is 299 g/mol. The van der Waals surface area contributed by atoms with Crippen LogP contribution >= 0.6 is 0 Å². The standard InChI is InChI=1S/C15H29N3O3/c1-10-8-18(9-11(2)17(10)6)14(21)16-12(7-13(19)20)15(3,4)5/h10-12H,7-9H2,1-6H3,(H,16,21)(H,19,20). The van der Waals surface area contributed by atoms with E-state index in [0.717, 1.165) is 0 Å². The van der Waals surface area contributed by atoms with Crippen molar-refractivity contribution in [3.8, 4) is 0 Å². The number of rotatable bonds is 3. The number of carboxylic acid groups (broad SMARTS) is 1. The minimum Gasteiger partial charge on any atom is -0.481 e. The smallest absolute Gasteiger partial charge is 0.317 e. The Balaban J connectivity index is 2.71. The Kier molecular flexibility index (Phi) is 5.61. The number of nitrogens with one attached hydrogen (secondary N) is 1. The Bertz CT molecular complexity index is 380. The fraction of sp³-hybridized carbons (Fsp3) is 0.867. The second kappa shape index (κ2) is 6.64. The average Bonchev–Trinajstić information content (AvgIpc) is 2.32. The van der Waals surface area contributed by atoms with E-state index < -0.39 is 5.97 Å². The normalized spacial score (nSPS) is 25.5. The number of nitrogens with zero attached hydrogens (tertiary/aromatic N) is 2. The van der Waals surface area contributed by atoms with Crippen molar-refractivity contribution in [2.45, 2.75) is 59.2 Å². The Labute approximate surface area is 127 Å². The van der Waals surface area contributed by atoms with Crippen molar-refractivity contribution in [1.82, 2.24) is 15.1 Å². The second-order valence-electron chi connectivity index (χ2n) is 7.23. The van der Waals surface area contributed by atoms with Gasteiger partial charge in [0.1, 0.15) is 0 Å². The number of carboxylic acids is 1. The number of urea groups is 1. The molecule has 1 aliphatic heterocycles. The third kappa shape index (κ3) is 4.88. The summed E-state index contributed by atoms with van der Waals surface area (Å²) in [5.41, 5.74) is -0.294. The molecule has 6 nitrogen and oxygen atoms in total. The van der Waals surface area contributed by atoms with Gasteiger partial charge in [0, 0.05) is 31.2 Å². The van der Waals surface area contributed by atoms with Gasteiger partial charge in [0.2, 0.25) is 0 Å². The molecule has 0 radical (unpaired) electrons. The van der Waals surface area contributed by atoms with E-state index >= 15 is 0 Å². The Morgan fingerprint density at radius 3 is 2.10 bits per heavy atom. The molecule has 0 saturated carbocycles. The second-order valence-corrected chi connectivity index (χ2v) is 7.23. The van der Waals surface area contributed by atoms with E-state index in [1.54, 1.807) is 4.90 Å². The molecule has 0 bridgehead atoms. The first-order chi connectivity index (χ1) is 9.52. The summed E-state index contributed by atoms with van der Waals surface area (Å²) in [5.74, 6) is -0.893. The van der Waals surface area contributed by atoms with Crippen molar-refractivity contribution in [1.29, 1.82) is 0 Å². The highest BCUT2D eigenvalue weighted by molar-refractivity contribution is 5.76. The van der Waals surface area contributed by atoms with E-state index in [-0.39, 0.29) is 23.9 Å². The summed E-state index contributed by atoms with van der Waals surface area (Å²) in [4.78, 5) is 27.5. The van der Waals surface area contributed by atoms with Gasteiger partial charge in [0.05, 0.1) is 6.42 Å². The van der Waals surface area contributed by atoms with Crippen LogP contribution in [-0.2, 0) is 4.79 Å². The van der Waals surface area contributed by atoms with E-state index in [9.17, 15) is 9.59 Å². The zero-order valence-electron chi connectivity index (χ0n) is 14.0. The van der Waals surface area contributed by atoms with Crippen molar-refractivity contribution in [2.75, 3.05) is 20.1 Å². The minimum atomic E-state index is -0.893. The van der Waals surface area contributed by atoms with Gasteiger partial charge in [-0.15, -0.1) is 0 Å². The zero-order chi connectivity index (χ0) is 16.4. The van der Waals surface area contributed by atoms with Crippen molar-refractivity contribution in [3.63, 3.8) is 0 Å². The van der Waals surface area contributed by atoms with Crippen LogP contribution in [0.2, 0.25) is 0 Å². The highest BCUT2D eigenvalue weighted by Gasteiger charge is 2.33. The molecular formula is C15H29N3O3. The van der Waals surface area contributed by atoms with E-state index in [0.29, 0.717) is 25.2 Å². The number of hydrogen-bond donors (Lipinski definition) is 2. The van der Waals surface area contributed by atoms with E-state index in [2.05, 4.69) is 31.1 Å². The summed E-state index contributed by atoms with van der Waals surface area (Å²) in [6, 6.07) is 0.0508. The predicted octanol–water partition coefficient (Wildman–Crippen LogP) is 1.61. The molecular weight excluding hydrogens is 270 g/mol. The molecule has 2 N–H and O–H groups in total. The van der Waals surface area contributed by atoms with Gasteiger partial charge < -0.3 is 15.3 Å². The Hall–Kier alpha value is -1.30. The summed E-state index contributed by atoms with van der Waals surface area (Å²) in [7, 11) is 2.06. The van der Waals surface area contributed by atoms with Crippen LogP contribution in [0.25, 0.3) is 0 Å². The fourth-order valence-electron chi connectivity index (χ4n) is 2.56. The van der Waals surface area contributed by atoms with E-state index in [1.165, 1.54) is 0 Å². The first-order valence-electron chi connectivity index (χ1n) is 7.51. The van der Waals surface area contributed by atoms with Crippen LogP contribution in [0.4, 0.5) is 4.79 Å². The first-order valence-corrected chi connectivity index (χ1v) is 7.51. The molecule has 1 aliphatic rings. The zero-order valence-corrected chi connectivity index (χ0v) is 14.0. The van der Waals surface area contributed by atoms with Crippen molar-refractivity contribution < 1.29 is 14.7 Å². The monoisotopic (exact) mass is 299 g/mol. The lowest BCUT2D eigenvalue weighted by atomic mass is 9.85. The molecule has 2 amide bonds. The number of aliphatic carboxylic acids is 1. The molecule has 0 aliphatic carbocycles. The summed E-state index contributed by atoms with van der Waals surface area (Å²) in [6.07, 6.45) is -0.0614. The summed E-state index contributed by atoms with van der Waals surface area (Å²) in [5, 5.41) is 11.9. The maximum Gasteiger partial charge on any atom is 0.317 e. The first kappa shape index (κ1) is 17.8. The maximum absolute atomic E-state index is 12.4. The highest BCUT2D eigenvalue weighted by atomic mass is 16.4. The molecule has 1 rings (SSSR count). The Morgan fingerprint density at radius 2 is 1.71 bits per heavy atom. The lowest BCUT2D eigenvalue weighted by Crippen LogP contribution is -2.60. The molecule has 122 valence electrons. The molecule has 21 heavy (non-hydrogen) atoms. The summed E-state index contributed by atoms with van der Waals surface area (Å²) >= 11 is 0. The van der Waals surface area contributed by atoms with Crippen molar-refractivity contribution in [3.05, 3.63) is 0 Å². The SMILES string of the molecule is CC1CN(C(=O)NC(CC(=O)O)C(C)(C)C)CC(C)N1C. The van der Waals surface area contributed by atoms with Gasteiger partial charge in [0.15, 0.2) is 0 Å². The van der Waals surface area contributed by atoms with Gasteiger partial charge in [0.25, 0.3) is 0 Å². The number of piperazine rings is 1. The van der Waals surface area contributed by atoms with Crippen LogP contribution in [0.5, 0.6) is 0 Å². The van der Waals surface area contributed by atoms with Gasteiger partial charge in [-0.05, 0) is 26.3 Å². The summed E-state index contributed by atoms with van der Waals surface area (Å²) < 4.78 is 0. The highest BCUT2D eigenvalue weighted by Crippen LogP contribution is 2.22. The van der Waals surface area contributed by atoms with Gasteiger partial charge in [-0.1, -0.05) is 20.8 Å². The molecule has 6 heteroatoms. The van der Waals surface area contributed by atoms with Crippen LogP contribution in [0.3, 0.4) is 0 Å². The van der Waals surface area contributed by atoms with Gasteiger partial charge >= 0.3 is 12.0 Å². The predicted molar refractivity (Wildman–Crippen MR) is 82.3 cm³/mol.